The predicted octanol–water partition coefficient (Wildman–Crippen LogP) is 3.46. The zero-order valence-electron chi connectivity index (χ0n) is 12.8. The lowest BCUT2D eigenvalue weighted by Gasteiger charge is -2.24. The monoisotopic (exact) mass is 319 g/mol. The molecule has 1 aromatic heterocycles. The zero-order chi connectivity index (χ0) is 15.4. The highest BCUT2D eigenvalue weighted by molar-refractivity contribution is 6.23. The van der Waals surface area contributed by atoms with Crippen molar-refractivity contribution in [3.8, 4) is 0 Å². The van der Waals surface area contributed by atoms with Crippen molar-refractivity contribution < 1.29 is 4.74 Å². The van der Waals surface area contributed by atoms with Crippen LogP contribution in [-0.4, -0.2) is 30.7 Å². The smallest absolute Gasteiger partial charge is 0.120 e. The number of aromatic nitrogens is 1. The van der Waals surface area contributed by atoms with Crippen molar-refractivity contribution in [1.82, 2.24) is 10.3 Å². The number of halogens is 1. The Balaban J connectivity index is 1.81. The van der Waals surface area contributed by atoms with Crippen molar-refractivity contribution in [2.24, 2.45) is 5.92 Å². The topological polar surface area (TPSA) is 46.2 Å². The Morgan fingerprint density at radius 1 is 1.50 bits per heavy atom. The van der Waals surface area contributed by atoms with Crippen LogP contribution in [0.2, 0.25) is 0 Å². The highest BCUT2D eigenvalue weighted by Crippen LogP contribution is 2.31. The third-order valence-electron chi connectivity index (χ3n) is 4.17. The number of alkyl halides is 1. The Hall–Kier alpha value is -1.52. The van der Waals surface area contributed by atoms with Gasteiger partial charge in [-0.3, -0.25) is 4.98 Å². The molecule has 4 nitrogen and oxygen atoms in total. The highest BCUT2D eigenvalue weighted by Gasteiger charge is 2.18. The Labute approximate surface area is 136 Å². The molecule has 0 saturated carbocycles. The number of rotatable bonds is 4. The van der Waals surface area contributed by atoms with E-state index in [1.807, 2.05) is 25.4 Å². The van der Waals surface area contributed by atoms with Gasteiger partial charge in [0, 0.05) is 32.7 Å². The van der Waals surface area contributed by atoms with Crippen LogP contribution < -0.4 is 10.6 Å². The Morgan fingerprint density at radius 2 is 2.32 bits per heavy atom. The van der Waals surface area contributed by atoms with Gasteiger partial charge in [0.05, 0.1) is 11.4 Å². The summed E-state index contributed by atoms with van der Waals surface area (Å²) in [5, 5.41) is 6.41. The minimum Gasteiger partial charge on any atom is -0.394 e. The van der Waals surface area contributed by atoms with E-state index in [0.29, 0.717) is 5.92 Å². The first-order chi connectivity index (χ1) is 10.8. The van der Waals surface area contributed by atoms with Gasteiger partial charge in [-0.25, -0.2) is 0 Å². The number of hydrogen-bond acceptors (Lipinski definition) is 4. The molecular formula is C17H22ClN3O. The van der Waals surface area contributed by atoms with Gasteiger partial charge < -0.3 is 15.4 Å². The van der Waals surface area contributed by atoms with E-state index in [-0.39, 0.29) is 5.50 Å². The lowest BCUT2D eigenvalue weighted by atomic mass is 9.90. The molecule has 2 aliphatic heterocycles. The van der Waals surface area contributed by atoms with E-state index in [2.05, 4.69) is 27.9 Å². The van der Waals surface area contributed by atoms with E-state index in [0.717, 1.165) is 49.4 Å². The molecule has 0 aromatic carbocycles. The Bertz CT molecular complexity index is 579. The molecule has 3 heterocycles. The van der Waals surface area contributed by atoms with Crippen LogP contribution in [0.25, 0.3) is 11.6 Å². The van der Waals surface area contributed by atoms with Gasteiger partial charge in [-0.05, 0) is 54.5 Å². The van der Waals surface area contributed by atoms with E-state index in [1.165, 1.54) is 5.57 Å². The SMILES string of the molecule is CN/C=C(\CC1CCOCC1)c1cnc2c(c1)NC(Cl)C=C2. The fourth-order valence-electron chi connectivity index (χ4n) is 2.97. The van der Waals surface area contributed by atoms with Crippen molar-refractivity contribution in [1.29, 1.82) is 0 Å². The fraction of sp³-hybridized carbons (Fsp3) is 0.471. The van der Waals surface area contributed by atoms with Gasteiger partial charge in [-0.15, -0.1) is 0 Å². The molecule has 0 aliphatic carbocycles. The van der Waals surface area contributed by atoms with Gasteiger partial charge in [0.2, 0.25) is 0 Å². The summed E-state index contributed by atoms with van der Waals surface area (Å²) in [5.41, 5.74) is 4.19. The zero-order valence-corrected chi connectivity index (χ0v) is 13.6. The first-order valence-corrected chi connectivity index (χ1v) is 8.23. The molecule has 1 unspecified atom stereocenters. The van der Waals surface area contributed by atoms with E-state index in [9.17, 15) is 0 Å². The molecule has 118 valence electrons. The average Bonchev–Trinajstić information content (AvgIpc) is 2.55. The van der Waals surface area contributed by atoms with Gasteiger partial charge in [-0.1, -0.05) is 11.6 Å². The normalized spacial score (nSPS) is 22.1. The lowest BCUT2D eigenvalue weighted by Crippen LogP contribution is -2.17. The molecule has 1 saturated heterocycles. The summed E-state index contributed by atoms with van der Waals surface area (Å²) in [6.07, 6.45) is 11.2. The third-order valence-corrected chi connectivity index (χ3v) is 4.43. The largest absolute Gasteiger partial charge is 0.394 e. The number of anilines is 1. The molecule has 2 N–H and O–H groups in total. The molecule has 22 heavy (non-hydrogen) atoms. The van der Waals surface area contributed by atoms with Crippen LogP contribution in [0.15, 0.2) is 24.5 Å². The van der Waals surface area contributed by atoms with Crippen molar-refractivity contribution in [3.05, 3.63) is 35.8 Å². The third kappa shape index (κ3) is 3.62. The summed E-state index contributed by atoms with van der Waals surface area (Å²) in [6.45, 7) is 1.75. The summed E-state index contributed by atoms with van der Waals surface area (Å²) in [7, 11) is 1.94. The molecule has 1 aromatic rings. The first-order valence-electron chi connectivity index (χ1n) is 7.79. The van der Waals surface area contributed by atoms with Crippen LogP contribution in [-0.2, 0) is 4.74 Å². The van der Waals surface area contributed by atoms with E-state index in [1.54, 1.807) is 0 Å². The standard InChI is InChI=1S/C17H22ClN3O/c1-19-10-13(8-12-4-6-22-7-5-12)14-9-16-15(20-11-14)2-3-17(18)21-16/h2-3,9-12,17,19,21H,4-8H2,1H3/b13-10+. The van der Waals surface area contributed by atoms with Crippen molar-refractivity contribution >= 4 is 28.9 Å². The van der Waals surface area contributed by atoms with Crippen molar-refractivity contribution in [2.75, 3.05) is 25.6 Å². The highest BCUT2D eigenvalue weighted by atomic mass is 35.5. The van der Waals surface area contributed by atoms with Crippen LogP contribution in [0.5, 0.6) is 0 Å². The van der Waals surface area contributed by atoms with Crippen LogP contribution >= 0.6 is 11.6 Å². The molecule has 5 heteroatoms. The van der Waals surface area contributed by atoms with Crippen LogP contribution in [0.3, 0.4) is 0 Å². The Kier molecular flexibility index (Phi) is 5.01. The summed E-state index contributed by atoms with van der Waals surface area (Å²) >= 11 is 6.13. The number of nitrogens with one attached hydrogen (secondary N) is 2. The van der Waals surface area contributed by atoms with Crippen LogP contribution in [0, 0.1) is 5.92 Å². The van der Waals surface area contributed by atoms with Gasteiger partial charge >= 0.3 is 0 Å². The van der Waals surface area contributed by atoms with E-state index < -0.39 is 0 Å². The number of hydrogen-bond donors (Lipinski definition) is 2. The van der Waals surface area contributed by atoms with Crippen LogP contribution in [0.4, 0.5) is 5.69 Å². The summed E-state index contributed by atoms with van der Waals surface area (Å²) in [4.78, 5) is 4.55. The molecule has 0 amide bonds. The second-order valence-electron chi connectivity index (χ2n) is 5.78. The molecule has 0 spiro atoms. The number of fused-ring (bicyclic) bond motifs is 1. The summed E-state index contributed by atoms with van der Waals surface area (Å²) in [5.74, 6) is 0.679. The van der Waals surface area contributed by atoms with E-state index in [4.69, 9.17) is 16.3 Å². The summed E-state index contributed by atoms with van der Waals surface area (Å²) < 4.78 is 5.45. The van der Waals surface area contributed by atoms with Gasteiger partial charge in [0.25, 0.3) is 0 Å². The maximum absolute atomic E-state index is 6.13. The van der Waals surface area contributed by atoms with Crippen molar-refractivity contribution in [2.45, 2.75) is 24.8 Å². The fourth-order valence-corrected chi connectivity index (χ4v) is 3.16. The first kappa shape index (κ1) is 15.4. The maximum Gasteiger partial charge on any atom is 0.120 e. The summed E-state index contributed by atoms with van der Waals surface area (Å²) in [6, 6.07) is 2.14. The van der Waals surface area contributed by atoms with Gasteiger partial charge in [-0.2, -0.15) is 0 Å². The number of ether oxygens (including phenoxy) is 1. The maximum atomic E-state index is 6.13. The van der Waals surface area contributed by atoms with Crippen molar-refractivity contribution in [3.63, 3.8) is 0 Å². The molecule has 3 rings (SSSR count). The van der Waals surface area contributed by atoms with Crippen LogP contribution in [0.1, 0.15) is 30.5 Å². The molecule has 0 radical (unpaired) electrons. The Morgan fingerprint density at radius 3 is 3.09 bits per heavy atom. The predicted molar refractivity (Wildman–Crippen MR) is 91.7 cm³/mol. The number of allylic oxidation sites excluding steroid dienone is 1. The van der Waals surface area contributed by atoms with Gasteiger partial charge in [0.15, 0.2) is 0 Å². The average molecular weight is 320 g/mol. The van der Waals surface area contributed by atoms with E-state index >= 15 is 0 Å². The molecule has 2 aliphatic rings. The molecular weight excluding hydrogens is 298 g/mol. The molecule has 1 fully saturated rings. The number of nitrogens with zero attached hydrogens (tertiary/aromatic N) is 1. The molecule has 1 atom stereocenters. The molecule has 0 bridgehead atoms. The second-order valence-corrected chi connectivity index (χ2v) is 6.25. The number of pyridine rings is 1. The minimum atomic E-state index is -0.170. The quantitative estimate of drug-likeness (QED) is 0.659. The minimum absolute atomic E-state index is 0.170. The second kappa shape index (κ2) is 7.16. The van der Waals surface area contributed by atoms with Gasteiger partial charge in [0.1, 0.15) is 5.50 Å². The lowest BCUT2D eigenvalue weighted by molar-refractivity contribution is 0.0679.